The standard InChI is InChI=1S/C8H11NO2S/c1-10-6-3-7(11-2)5-8(4-6)12-9/h3-5H,9H2,1-2H3. The summed E-state index contributed by atoms with van der Waals surface area (Å²) in [5.41, 5.74) is 0. The molecule has 0 amide bonds. The molecule has 0 saturated heterocycles. The third kappa shape index (κ3) is 2.06. The van der Waals surface area contributed by atoms with Crippen molar-refractivity contribution in [3.63, 3.8) is 0 Å². The summed E-state index contributed by atoms with van der Waals surface area (Å²) in [6.07, 6.45) is 0. The molecule has 0 saturated carbocycles. The molecule has 0 bridgehead atoms. The molecule has 0 aromatic heterocycles. The first-order chi connectivity index (χ1) is 5.80. The van der Waals surface area contributed by atoms with Crippen LogP contribution in [0.5, 0.6) is 11.5 Å². The van der Waals surface area contributed by atoms with Crippen LogP contribution in [0.4, 0.5) is 0 Å². The van der Waals surface area contributed by atoms with E-state index in [0.717, 1.165) is 16.4 Å². The molecule has 0 unspecified atom stereocenters. The molecular formula is C8H11NO2S. The number of nitrogens with two attached hydrogens (primary N) is 1. The van der Waals surface area contributed by atoms with E-state index < -0.39 is 0 Å². The Bertz CT molecular complexity index is 210. The normalized spacial score (nSPS) is 9.58. The monoisotopic (exact) mass is 185 g/mol. The highest BCUT2D eigenvalue weighted by Crippen LogP contribution is 2.26. The van der Waals surface area contributed by atoms with Crippen molar-refractivity contribution >= 4 is 11.9 Å². The van der Waals surface area contributed by atoms with Gasteiger partial charge in [-0.1, -0.05) is 0 Å². The summed E-state index contributed by atoms with van der Waals surface area (Å²) in [5, 5.41) is 5.40. The number of hydrogen-bond donors (Lipinski definition) is 1. The van der Waals surface area contributed by atoms with Gasteiger partial charge in [-0.2, -0.15) is 0 Å². The van der Waals surface area contributed by atoms with E-state index in [9.17, 15) is 0 Å². The van der Waals surface area contributed by atoms with Crippen molar-refractivity contribution in [3.05, 3.63) is 18.2 Å². The Kier molecular flexibility index (Phi) is 3.25. The molecule has 4 heteroatoms. The fourth-order valence-corrected chi connectivity index (χ4v) is 1.22. The van der Waals surface area contributed by atoms with Crippen molar-refractivity contribution in [3.8, 4) is 11.5 Å². The van der Waals surface area contributed by atoms with Gasteiger partial charge in [-0.15, -0.1) is 0 Å². The Labute approximate surface area is 76.0 Å². The van der Waals surface area contributed by atoms with Crippen molar-refractivity contribution in [1.82, 2.24) is 0 Å². The smallest absolute Gasteiger partial charge is 0.123 e. The zero-order valence-corrected chi connectivity index (χ0v) is 7.85. The summed E-state index contributed by atoms with van der Waals surface area (Å²) >= 11 is 1.17. The lowest BCUT2D eigenvalue weighted by molar-refractivity contribution is 0.392. The Hall–Kier alpha value is -0.870. The van der Waals surface area contributed by atoms with Crippen LogP contribution in [0, 0.1) is 0 Å². The van der Waals surface area contributed by atoms with E-state index in [0.29, 0.717) is 0 Å². The van der Waals surface area contributed by atoms with E-state index in [1.807, 2.05) is 12.1 Å². The van der Waals surface area contributed by atoms with Gasteiger partial charge in [0.15, 0.2) is 0 Å². The fraction of sp³-hybridized carbons (Fsp3) is 0.250. The second kappa shape index (κ2) is 4.23. The van der Waals surface area contributed by atoms with Crippen LogP contribution in [0.3, 0.4) is 0 Å². The van der Waals surface area contributed by atoms with Gasteiger partial charge in [-0.05, 0) is 24.1 Å². The predicted octanol–water partition coefficient (Wildman–Crippen LogP) is 1.67. The molecule has 0 fully saturated rings. The minimum Gasteiger partial charge on any atom is -0.497 e. The Morgan fingerprint density at radius 3 is 1.92 bits per heavy atom. The average Bonchev–Trinajstić information content (AvgIpc) is 2.16. The number of ether oxygens (including phenoxy) is 2. The third-order valence-electron chi connectivity index (χ3n) is 1.46. The van der Waals surface area contributed by atoms with E-state index in [2.05, 4.69) is 0 Å². The molecule has 66 valence electrons. The largest absolute Gasteiger partial charge is 0.497 e. The molecular weight excluding hydrogens is 174 g/mol. The van der Waals surface area contributed by atoms with Crippen molar-refractivity contribution in [2.45, 2.75) is 4.90 Å². The molecule has 3 nitrogen and oxygen atoms in total. The minimum absolute atomic E-state index is 0.752. The van der Waals surface area contributed by atoms with Crippen molar-refractivity contribution in [1.29, 1.82) is 0 Å². The SMILES string of the molecule is COc1cc(OC)cc(SN)c1. The van der Waals surface area contributed by atoms with E-state index in [-0.39, 0.29) is 0 Å². The van der Waals surface area contributed by atoms with Crippen LogP contribution in [0.15, 0.2) is 23.1 Å². The maximum absolute atomic E-state index is 5.40. The topological polar surface area (TPSA) is 44.5 Å². The lowest BCUT2D eigenvalue weighted by Crippen LogP contribution is -1.88. The number of hydrogen-bond acceptors (Lipinski definition) is 4. The molecule has 12 heavy (non-hydrogen) atoms. The van der Waals surface area contributed by atoms with E-state index in [4.69, 9.17) is 14.6 Å². The highest BCUT2D eigenvalue weighted by molar-refractivity contribution is 7.97. The van der Waals surface area contributed by atoms with Crippen LogP contribution in [-0.2, 0) is 0 Å². The van der Waals surface area contributed by atoms with Gasteiger partial charge < -0.3 is 9.47 Å². The van der Waals surface area contributed by atoms with Crippen LogP contribution >= 0.6 is 11.9 Å². The Balaban J connectivity index is 3.01. The minimum atomic E-state index is 0.752. The first kappa shape index (κ1) is 9.22. The van der Waals surface area contributed by atoms with Crippen LogP contribution in [-0.4, -0.2) is 14.2 Å². The zero-order valence-electron chi connectivity index (χ0n) is 7.03. The molecule has 1 aromatic rings. The summed E-state index contributed by atoms with van der Waals surface area (Å²) in [4.78, 5) is 0.922. The maximum atomic E-state index is 5.40. The van der Waals surface area contributed by atoms with Crippen LogP contribution < -0.4 is 14.6 Å². The second-order valence-electron chi connectivity index (χ2n) is 2.17. The van der Waals surface area contributed by atoms with E-state index in [1.165, 1.54) is 11.9 Å². The number of rotatable bonds is 3. The van der Waals surface area contributed by atoms with Gasteiger partial charge >= 0.3 is 0 Å². The van der Waals surface area contributed by atoms with Gasteiger partial charge in [-0.3, -0.25) is 5.14 Å². The zero-order chi connectivity index (χ0) is 8.97. The predicted molar refractivity (Wildman–Crippen MR) is 49.6 cm³/mol. The van der Waals surface area contributed by atoms with Gasteiger partial charge in [0.2, 0.25) is 0 Å². The molecule has 0 spiro atoms. The lowest BCUT2D eigenvalue weighted by atomic mass is 10.3. The van der Waals surface area contributed by atoms with Gasteiger partial charge in [0, 0.05) is 11.0 Å². The van der Waals surface area contributed by atoms with Crippen molar-refractivity contribution in [2.75, 3.05) is 14.2 Å². The molecule has 0 aliphatic rings. The van der Waals surface area contributed by atoms with Crippen molar-refractivity contribution < 1.29 is 9.47 Å². The summed E-state index contributed by atoms with van der Waals surface area (Å²) in [5.74, 6) is 1.50. The molecule has 0 aliphatic heterocycles. The van der Waals surface area contributed by atoms with Gasteiger partial charge in [0.05, 0.1) is 14.2 Å². The quantitative estimate of drug-likeness (QED) is 0.727. The summed E-state index contributed by atoms with van der Waals surface area (Å²) in [7, 11) is 3.22. The summed E-state index contributed by atoms with van der Waals surface area (Å²) < 4.78 is 10.1. The Morgan fingerprint density at radius 1 is 1.08 bits per heavy atom. The fourth-order valence-electron chi connectivity index (χ4n) is 0.849. The highest BCUT2D eigenvalue weighted by Gasteiger charge is 1.99. The Morgan fingerprint density at radius 2 is 1.58 bits per heavy atom. The van der Waals surface area contributed by atoms with Gasteiger partial charge in [0.25, 0.3) is 0 Å². The maximum Gasteiger partial charge on any atom is 0.123 e. The number of methoxy groups -OCH3 is 2. The molecule has 0 radical (unpaired) electrons. The van der Waals surface area contributed by atoms with Crippen LogP contribution in [0.1, 0.15) is 0 Å². The van der Waals surface area contributed by atoms with Crippen molar-refractivity contribution in [2.24, 2.45) is 5.14 Å². The van der Waals surface area contributed by atoms with E-state index >= 15 is 0 Å². The second-order valence-corrected chi connectivity index (χ2v) is 2.87. The molecule has 0 atom stereocenters. The van der Waals surface area contributed by atoms with Gasteiger partial charge in [0.1, 0.15) is 11.5 Å². The summed E-state index contributed by atoms with van der Waals surface area (Å²) in [6.45, 7) is 0. The van der Waals surface area contributed by atoms with Crippen LogP contribution in [0.2, 0.25) is 0 Å². The highest BCUT2D eigenvalue weighted by atomic mass is 32.2. The number of benzene rings is 1. The molecule has 2 N–H and O–H groups in total. The summed E-state index contributed by atoms with van der Waals surface area (Å²) in [6, 6.07) is 5.51. The molecule has 0 heterocycles. The molecule has 1 aromatic carbocycles. The third-order valence-corrected chi connectivity index (χ3v) is 1.97. The molecule has 0 aliphatic carbocycles. The first-order valence-electron chi connectivity index (χ1n) is 3.40. The van der Waals surface area contributed by atoms with Crippen LogP contribution in [0.25, 0.3) is 0 Å². The lowest BCUT2D eigenvalue weighted by Gasteiger charge is -2.05. The van der Waals surface area contributed by atoms with E-state index in [1.54, 1.807) is 20.3 Å². The average molecular weight is 185 g/mol. The first-order valence-corrected chi connectivity index (χ1v) is 4.28. The molecule has 1 rings (SSSR count). The van der Waals surface area contributed by atoms with Gasteiger partial charge in [-0.25, -0.2) is 0 Å².